The summed E-state index contributed by atoms with van der Waals surface area (Å²) in [5.74, 6) is 1.37. The predicted molar refractivity (Wildman–Crippen MR) is 81.3 cm³/mol. The maximum atomic E-state index is 10.0. The zero-order valence-electron chi connectivity index (χ0n) is 12.8. The van der Waals surface area contributed by atoms with Gasteiger partial charge in [-0.05, 0) is 31.9 Å². The van der Waals surface area contributed by atoms with Gasteiger partial charge in [0.25, 0.3) is 0 Å². The topological polar surface area (TPSA) is 50.7 Å². The van der Waals surface area contributed by atoms with Crippen molar-refractivity contribution in [2.24, 2.45) is 5.92 Å². The van der Waals surface area contributed by atoms with Crippen LogP contribution in [0.25, 0.3) is 0 Å². The molecule has 0 heterocycles. The van der Waals surface area contributed by atoms with E-state index < -0.39 is 0 Å². The van der Waals surface area contributed by atoms with Gasteiger partial charge in [0.05, 0.1) is 6.61 Å². The van der Waals surface area contributed by atoms with E-state index in [0.717, 1.165) is 31.7 Å². The minimum Gasteiger partial charge on any atom is -0.504 e. The Kier molecular flexibility index (Phi) is 8.07. The molecule has 0 amide bonds. The molecular weight excluding hydrogens is 254 g/mol. The van der Waals surface area contributed by atoms with E-state index >= 15 is 0 Å². The largest absolute Gasteiger partial charge is 0.504 e. The lowest BCUT2D eigenvalue weighted by Crippen LogP contribution is -2.17. The van der Waals surface area contributed by atoms with Crippen LogP contribution in [-0.4, -0.2) is 31.5 Å². The van der Waals surface area contributed by atoms with Gasteiger partial charge < -0.3 is 19.9 Å². The minimum atomic E-state index is 0.234. The van der Waals surface area contributed by atoms with Crippen LogP contribution in [0, 0.1) is 5.92 Å². The number of hydrogen-bond acceptors (Lipinski definition) is 4. The molecule has 4 nitrogen and oxygen atoms in total. The zero-order chi connectivity index (χ0) is 14.8. The lowest BCUT2D eigenvalue weighted by atomic mass is 10.2. The molecule has 0 saturated heterocycles. The average Bonchev–Trinajstić information content (AvgIpc) is 2.41. The van der Waals surface area contributed by atoms with E-state index in [1.54, 1.807) is 6.07 Å². The van der Waals surface area contributed by atoms with Crippen molar-refractivity contribution in [2.75, 3.05) is 26.4 Å². The number of phenolic OH excluding ortho intramolecular Hbond substituents is 1. The lowest BCUT2D eigenvalue weighted by Gasteiger charge is -2.11. The molecule has 0 saturated carbocycles. The summed E-state index contributed by atoms with van der Waals surface area (Å²) in [6, 6.07) is 5.58. The van der Waals surface area contributed by atoms with Gasteiger partial charge in [-0.1, -0.05) is 26.0 Å². The first-order valence-corrected chi connectivity index (χ1v) is 7.37. The van der Waals surface area contributed by atoms with Crippen LogP contribution in [-0.2, 0) is 11.3 Å². The van der Waals surface area contributed by atoms with E-state index in [1.165, 1.54) is 0 Å². The van der Waals surface area contributed by atoms with Gasteiger partial charge in [-0.25, -0.2) is 0 Å². The molecular formula is C16H27NO3. The summed E-state index contributed by atoms with van der Waals surface area (Å²) >= 11 is 0. The molecule has 2 N–H and O–H groups in total. The van der Waals surface area contributed by atoms with Crippen LogP contribution in [0.4, 0.5) is 0 Å². The van der Waals surface area contributed by atoms with Gasteiger partial charge in [0, 0.05) is 25.3 Å². The van der Waals surface area contributed by atoms with Crippen molar-refractivity contribution in [3.8, 4) is 11.5 Å². The van der Waals surface area contributed by atoms with Gasteiger partial charge in [0.2, 0.25) is 0 Å². The predicted octanol–water partition coefficient (Wildman–Crippen LogP) is 2.94. The van der Waals surface area contributed by atoms with Crippen molar-refractivity contribution in [3.05, 3.63) is 23.8 Å². The number of para-hydroxylation sites is 1. The second-order valence-corrected chi connectivity index (χ2v) is 5.20. The van der Waals surface area contributed by atoms with Crippen LogP contribution in [0.1, 0.15) is 32.8 Å². The highest BCUT2D eigenvalue weighted by Crippen LogP contribution is 2.29. The Morgan fingerprint density at radius 1 is 1.30 bits per heavy atom. The summed E-state index contributed by atoms with van der Waals surface area (Å²) in [5.41, 5.74) is 0.860. The molecule has 0 radical (unpaired) electrons. The molecule has 0 spiro atoms. The summed E-state index contributed by atoms with van der Waals surface area (Å²) in [6.07, 6.45) is 0.971. The SMILES string of the molecule is CCOc1cccc(CNCCCOCC(C)C)c1O. The third kappa shape index (κ3) is 6.26. The number of ether oxygens (including phenoxy) is 2. The third-order valence-electron chi connectivity index (χ3n) is 2.79. The summed E-state index contributed by atoms with van der Waals surface area (Å²) in [5, 5.41) is 13.3. The Hall–Kier alpha value is -1.26. The standard InChI is InChI=1S/C16H27NO3/c1-4-20-15-8-5-7-14(16(15)18)11-17-9-6-10-19-12-13(2)3/h5,7-8,13,17-18H,4,6,9-12H2,1-3H3. The Morgan fingerprint density at radius 2 is 2.10 bits per heavy atom. The first-order valence-electron chi connectivity index (χ1n) is 7.37. The second-order valence-electron chi connectivity index (χ2n) is 5.20. The maximum Gasteiger partial charge on any atom is 0.162 e. The monoisotopic (exact) mass is 281 g/mol. The molecule has 114 valence electrons. The molecule has 0 aromatic heterocycles. The molecule has 0 fully saturated rings. The van der Waals surface area contributed by atoms with Crippen LogP contribution in [0.15, 0.2) is 18.2 Å². The lowest BCUT2D eigenvalue weighted by molar-refractivity contribution is 0.108. The van der Waals surface area contributed by atoms with Gasteiger partial charge in [-0.2, -0.15) is 0 Å². The van der Waals surface area contributed by atoms with Gasteiger partial charge in [0.15, 0.2) is 11.5 Å². The number of nitrogens with one attached hydrogen (secondary N) is 1. The van der Waals surface area contributed by atoms with Crippen molar-refractivity contribution in [1.82, 2.24) is 5.32 Å². The fraction of sp³-hybridized carbons (Fsp3) is 0.625. The number of hydrogen-bond donors (Lipinski definition) is 2. The normalized spacial score (nSPS) is 11.0. The molecule has 1 aromatic carbocycles. The summed E-state index contributed by atoms with van der Waals surface area (Å²) in [4.78, 5) is 0. The zero-order valence-corrected chi connectivity index (χ0v) is 12.8. The highest BCUT2D eigenvalue weighted by molar-refractivity contribution is 5.45. The van der Waals surface area contributed by atoms with Gasteiger partial charge in [-0.15, -0.1) is 0 Å². The summed E-state index contributed by atoms with van der Waals surface area (Å²) < 4.78 is 10.9. The molecule has 0 aliphatic heterocycles. The van der Waals surface area contributed by atoms with Crippen LogP contribution < -0.4 is 10.1 Å². The molecule has 0 bridgehead atoms. The average molecular weight is 281 g/mol. The van der Waals surface area contributed by atoms with Crippen molar-refractivity contribution in [1.29, 1.82) is 0 Å². The quantitative estimate of drug-likeness (QED) is 0.647. The summed E-state index contributed by atoms with van der Waals surface area (Å²) in [7, 11) is 0. The van der Waals surface area contributed by atoms with Crippen molar-refractivity contribution < 1.29 is 14.6 Å². The van der Waals surface area contributed by atoms with Crippen LogP contribution in [0.3, 0.4) is 0 Å². The van der Waals surface area contributed by atoms with Crippen molar-refractivity contribution in [3.63, 3.8) is 0 Å². The Bertz CT molecular complexity index is 380. The maximum absolute atomic E-state index is 10.0. The molecule has 20 heavy (non-hydrogen) atoms. The first-order chi connectivity index (χ1) is 9.65. The smallest absolute Gasteiger partial charge is 0.162 e. The Balaban J connectivity index is 2.23. The number of aromatic hydroxyl groups is 1. The van der Waals surface area contributed by atoms with Crippen LogP contribution >= 0.6 is 0 Å². The van der Waals surface area contributed by atoms with Gasteiger partial charge in [0.1, 0.15) is 0 Å². The molecule has 0 atom stereocenters. The second kappa shape index (κ2) is 9.61. The van der Waals surface area contributed by atoms with Crippen molar-refractivity contribution in [2.45, 2.75) is 33.7 Å². The van der Waals surface area contributed by atoms with Gasteiger partial charge in [-0.3, -0.25) is 0 Å². The highest BCUT2D eigenvalue weighted by atomic mass is 16.5. The molecule has 4 heteroatoms. The van der Waals surface area contributed by atoms with Crippen molar-refractivity contribution >= 4 is 0 Å². The minimum absolute atomic E-state index is 0.234. The summed E-state index contributed by atoms with van der Waals surface area (Å²) in [6.45, 7) is 9.85. The molecule has 1 aromatic rings. The fourth-order valence-corrected chi connectivity index (χ4v) is 1.82. The van der Waals surface area contributed by atoms with E-state index in [9.17, 15) is 5.11 Å². The van der Waals surface area contributed by atoms with Crippen LogP contribution in [0.5, 0.6) is 11.5 Å². The molecule has 0 aliphatic carbocycles. The van der Waals surface area contributed by atoms with Crippen LogP contribution in [0.2, 0.25) is 0 Å². The molecule has 0 aliphatic rings. The number of phenols is 1. The van der Waals surface area contributed by atoms with E-state index in [2.05, 4.69) is 19.2 Å². The third-order valence-corrected chi connectivity index (χ3v) is 2.79. The molecule has 1 rings (SSSR count). The number of benzene rings is 1. The van der Waals surface area contributed by atoms with E-state index in [4.69, 9.17) is 9.47 Å². The Morgan fingerprint density at radius 3 is 2.80 bits per heavy atom. The van der Waals surface area contributed by atoms with E-state index in [-0.39, 0.29) is 5.75 Å². The fourth-order valence-electron chi connectivity index (χ4n) is 1.82. The first kappa shape index (κ1) is 16.8. The highest BCUT2D eigenvalue weighted by Gasteiger charge is 2.06. The van der Waals surface area contributed by atoms with Gasteiger partial charge >= 0.3 is 0 Å². The molecule has 0 unspecified atom stereocenters. The number of rotatable bonds is 10. The van der Waals surface area contributed by atoms with E-state index in [1.807, 2.05) is 19.1 Å². The van der Waals surface area contributed by atoms with E-state index in [0.29, 0.717) is 24.8 Å². The Labute approximate surface area is 122 Å².